The summed E-state index contributed by atoms with van der Waals surface area (Å²) in [4.78, 5) is 32.2. The van der Waals surface area contributed by atoms with Crippen molar-refractivity contribution in [2.45, 2.75) is 4.90 Å². The van der Waals surface area contributed by atoms with Crippen LogP contribution in [0.4, 0.5) is 11.4 Å². The molecule has 0 aromatic heterocycles. The van der Waals surface area contributed by atoms with Crippen LogP contribution in [0.3, 0.4) is 0 Å². The molecule has 5 rings (SSSR count). The maximum absolute atomic E-state index is 12.7. The number of thioether (sulfide) groups is 1. The summed E-state index contributed by atoms with van der Waals surface area (Å²) in [6.07, 6.45) is 1.57. The normalized spacial score (nSPS) is 17.0. The molecular weight excluding hydrogens is 528 g/mol. The molecule has 2 aliphatic heterocycles. The quantitative estimate of drug-likeness (QED) is 0.193. The Morgan fingerprint density at radius 2 is 1.53 bits per heavy atom. The first-order chi connectivity index (χ1) is 18.3. The Balaban J connectivity index is 1.28. The van der Waals surface area contributed by atoms with Gasteiger partial charge in [-0.15, -0.1) is 0 Å². The van der Waals surface area contributed by atoms with Gasteiger partial charge >= 0.3 is 10.1 Å². The summed E-state index contributed by atoms with van der Waals surface area (Å²) in [6, 6.07) is 21.0. The number of para-hydroxylation sites is 3. The zero-order chi connectivity index (χ0) is 26.7. The standard InChI is InChI=1S/C26H22N4O6S2/c31-25-24(18-19-8-4-7-13-23(19)36-38(34,35)20-9-2-1-3-10-20)37-26(27-25)29-16-14-28(15-17-29)21-11-5-6-12-22(21)30(32)33/h1-13,18H,14-17H2. The van der Waals surface area contributed by atoms with Crippen LogP contribution in [0.25, 0.3) is 6.08 Å². The Hall–Kier alpha value is -4.16. The molecule has 1 amide bonds. The van der Waals surface area contributed by atoms with Crippen molar-refractivity contribution in [3.63, 3.8) is 0 Å². The van der Waals surface area contributed by atoms with E-state index in [1.54, 1.807) is 60.7 Å². The van der Waals surface area contributed by atoms with Gasteiger partial charge in [0.15, 0.2) is 5.17 Å². The molecule has 194 valence electrons. The zero-order valence-electron chi connectivity index (χ0n) is 20.0. The van der Waals surface area contributed by atoms with E-state index in [0.717, 1.165) is 0 Å². The van der Waals surface area contributed by atoms with E-state index < -0.39 is 16.0 Å². The number of piperazine rings is 1. The summed E-state index contributed by atoms with van der Waals surface area (Å²) in [7, 11) is -4.05. The highest BCUT2D eigenvalue weighted by molar-refractivity contribution is 8.18. The summed E-state index contributed by atoms with van der Waals surface area (Å²) in [5, 5.41) is 11.9. The summed E-state index contributed by atoms with van der Waals surface area (Å²) in [5.41, 5.74) is 1.06. The third-order valence-corrected chi connectivity index (χ3v) is 8.31. The number of nitro benzene ring substituents is 1. The fourth-order valence-electron chi connectivity index (χ4n) is 4.13. The highest BCUT2D eigenvalue weighted by Gasteiger charge is 2.30. The van der Waals surface area contributed by atoms with Gasteiger partial charge in [0.2, 0.25) is 0 Å². The average molecular weight is 551 g/mol. The van der Waals surface area contributed by atoms with Crippen molar-refractivity contribution in [2.24, 2.45) is 4.99 Å². The molecule has 2 aliphatic rings. The minimum atomic E-state index is -4.05. The van der Waals surface area contributed by atoms with Crippen LogP contribution in [0, 0.1) is 10.1 Å². The van der Waals surface area contributed by atoms with Crippen molar-refractivity contribution < 1.29 is 22.3 Å². The Labute approximate surface area is 223 Å². The van der Waals surface area contributed by atoms with Crippen LogP contribution < -0.4 is 9.08 Å². The van der Waals surface area contributed by atoms with Crippen molar-refractivity contribution in [1.29, 1.82) is 0 Å². The molecule has 0 saturated carbocycles. The predicted molar refractivity (Wildman–Crippen MR) is 146 cm³/mol. The van der Waals surface area contributed by atoms with Gasteiger partial charge in [-0.1, -0.05) is 48.5 Å². The molecule has 12 heteroatoms. The van der Waals surface area contributed by atoms with E-state index in [1.165, 1.54) is 36.0 Å². The highest BCUT2D eigenvalue weighted by Crippen LogP contribution is 2.34. The van der Waals surface area contributed by atoms with Gasteiger partial charge in [0.1, 0.15) is 16.3 Å². The molecule has 0 bridgehead atoms. The maximum Gasteiger partial charge on any atom is 0.339 e. The number of anilines is 1. The van der Waals surface area contributed by atoms with Crippen LogP contribution in [0.2, 0.25) is 0 Å². The fourth-order valence-corrected chi connectivity index (χ4v) is 6.06. The average Bonchev–Trinajstić information content (AvgIpc) is 3.30. The Morgan fingerprint density at radius 3 is 2.26 bits per heavy atom. The Morgan fingerprint density at radius 1 is 0.895 bits per heavy atom. The number of aliphatic imine (C=N–C) groups is 1. The largest absolute Gasteiger partial charge is 0.378 e. The van der Waals surface area contributed by atoms with Crippen LogP contribution in [0.1, 0.15) is 5.56 Å². The minimum Gasteiger partial charge on any atom is -0.378 e. The number of carbonyl (C=O) groups excluding carboxylic acids is 1. The van der Waals surface area contributed by atoms with E-state index >= 15 is 0 Å². The lowest BCUT2D eigenvalue weighted by atomic mass is 10.2. The van der Waals surface area contributed by atoms with E-state index in [1.807, 2.05) is 9.80 Å². The Bertz CT molecular complexity index is 1550. The van der Waals surface area contributed by atoms with Gasteiger partial charge in [0, 0.05) is 37.8 Å². The third kappa shape index (κ3) is 5.41. The van der Waals surface area contributed by atoms with E-state index in [-0.39, 0.29) is 21.3 Å². The van der Waals surface area contributed by atoms with Crippen LogP contribution in [0.5, 0.6) is 5.75 Å². The first kappa shape index (κ1) is 25.5. The van der Waals surface area contributed by atoms with Crippen LogP contribution >= 0.6 is 11.8 Å². The predicted octanol–water partition coefficient (Wildman–Crippen LogP) is 4.16. The topological polar surface area (TPSA) is 122 Å². The molecule has 1 saturated heterocycles. The first-order valence-electron chi connectivity index (χ1n) is 11.7. The molecule has 38 heavy (non-hydrogen) atoms. The molecule has 2 heterocycles. The van der Waals surface area contributed by atoms with Gasteiger partial charge in [0.25, 0.3) is 11.6 Å². The summed E-state index contributed by atoms with van der Waals surface area (Å²) in [5.74, 6) is -0.324. The summed E-state index contributed by atoms with van der Waals surface area (Å²) < 4.78 is 30.8. The van der Waals surface area contributed by atoms with Crippen LogP contribution in [-0.2, 0) is 14.9 Å². The molecular formula is C26H22N4O6S2. The first-order valence-corrected chi connectivity index (χ1v) is 13.9. The van der Waals surface area contributed by atoms with Crippen molar-refractivity contribution in [1.82, 2.24) is 4.90 Å². The van der Waals surface area contributed by atoms with Gasteiger partial charge in [-0.3, -0.25) is 14.9 Å². The SMILES string of the molecule is O=C1N=C(N2CCN(c3ccccc3[N+](=O)[O-])CC2)SC1=Cc1ccccc1OS(=O)(=O)c1ccccc1. The lowest BCUT2D eigenvalue weighted by Crippen LogP contribution is -2.48. The lowest BCUT2D eigenvalue weighted by Gasteiger charge is -2.36. The zero-order valence-corrected chi connectivity index (χ0v) is 21.6. The minimum absolute atomic E-state index is 0.0272. The molecule has 10 nitrogen and oxygen atoms in total. The number of rotatable bonds is 6. The van der Waals surface area contributed by atoms with Crippen molar-refractivity contribution in [3.8, 4) is 5.75 Å². The van der Waals surface area contributed by atoms with E-state index in [2.05, 4.69) is 4.99 Å². The smallest absolute Gasteiger partial charge is 0.339 e. The molecule has 0 atom stereocenters. The van der Waals surface area contributed by atoms with Crippen molar-refractivity contribution in [3.05, 3.63) is 99.4 Å². The highest BCUT2D eigenvalue weighted by atomic mass is 32.2. The second-order valence-corrected chi connectivity index (χ2v) is 11.0. The van der Waals surface area contributed by atoms with Gasteiger partial charge < -0.3 is 14.0 Å². The molecule has 0 spiro atoms. The number of nitrogens with zero attached hydrogens (tertiary/aromatic N) is 4. The molecule has 1 fully saturated rings. The second kappa shape index (κ2) is 10.7. The van der Waals surface area contributed by atoms with Gasteiger partial charge in [-0.25, -0.2) is 0 Å². The fraction of sp³-hybridized carbons (Fsp3) is 0.154. The number of amides is 1. The van der Waals surface area contributed by atoms with Gasteiger partial charge in [0.05, 0.1) is 9.83 Å². The van der Waals surface area contributed by atoms with E-state index in [9.17, 15) is 23.3 Å². The second-order valence-electron chi connectivity index (χ2n) is 8.42. The Kier molecular flexibility index (Phi) is 7.16. The number of hydrogen-bond donors (Lipinski definition) is 0. The summed E-state index contributed by atoms with van der Waals surface area (Å²) >= 11 is 1.20. The third-order valence-electron chi connectivity index (χ3n) is 6.02. The number of benzene rings is 3. The lowest BCUT2D eigenvalue weighted by molar-refractivity contribution is -0.384. The number of hydrogen-bond acceptors (Lipinski definition) is 9. The molecule has 3 aromatic rings. The van der Waals surface area contributed by atoms with E-state index in [0.29, 0.717) is 47.5 Å². The molecule has 0 unspecified atom stereocenters. The number of carbonyl (C=O) groups is 1. The van der Waals surface area contributed by atoms with Crippen LogP contribution in [-0.4, -0.2) is 55.5 Å². The molecule has 0 aliphatic carbocycles. The molecule has 0 radical (unpaired) electrons. The van der Waals surface area contributed by atoms with Gasteiger partial charge in [-0.2, -0.15) is 13.4 Å². The molecule has 3 aromatic carbocycles. The van der Waals surface area contributed by atoms with Crippen molar-refractivity contribution >= 4 is 50.4 Å². The van der Waals surface area contributed by atoms with Crippen LogP contribution in [0.15, 0.2) is 93.7 Å². The summed E-state index contributed by atoms with van der Waals surface area (Å²) in [6.45, 7) is 2.14. The van der Waals surface area contributed by atoms with Gasteiger partial charge in [-0.05, 0) is 42.1 Å². The number of amidine groups is 1. The maximum atomic E-state index is 12.7. The monoisotopic (exact) mass is 550 g/mol. The number of nitro groups is 1. The van der Waals surface area contributed by atoms with E-state index in [4.69, 9.17) is 4.18 Å². The molecule has 0 N–H and O–H groups in total. The van der Waals surface area contributed by atoms with Crippen molar-refractivity contribution in [2.75, 3.05) is 31.1 Å².